The van der Waals surface area contributed by atoms with Crippen molar-refractivity contribution in [3.05, 3.63) is 0 Å². The molecule has 0 aromatic rings. The van der Waals surface area contributed by atoms with Gasteiger partial charge in [0.1, 0.15) is 0 Å². The number of aliphatic carboxylic acids is 2. The minimum absolute atomic E-state index is 0.102. The van der Waals surface area contributed by atoms with Crippen LogP contribution in [0.2, 0.25) is 0 Å². The van der Waals surface area contributed by atoms with Gasteiger partial charge in [-0.1, -0.05) is 60.8 Å². The SMILES string of the molecule is CCCC(CCCCC(CC)C(=O)O)(C(=O)O)C(C)CC(C)(C)C. The summed E-state index contributed by atoms with van der Waals surface area (Å²) in [5, 5.41) is 19.1. The molecule has 0 saturated heterocycles. The molecule has 24 heavy (non-hydrogen) atoms. The van der Waals surface area contributed by atoms with E-state index in [9.17, 15) is 14.7 Å². The molecule has 0 bridgehead atoms. The molecule has 4 heteroatoms. The Hall–Kier alpha value is -1.06. The Morgan fingerprint density at radius 1 is 1.00 bits per heavy atom. The Balaban J connectivity index is 4.95. The van der Waals surface area contributed by atoms with Crippen molar-refractivity contribution in [1.82, 2.24) is 0 Å². The minimum atomic E-state index is -0.739. The van der Waals surface area contributed by atoms with E-state index in [1.807, 2.05) is 13.8 Å². The fraction of sp³-hybridized carbons (Fsp3) is 0.900. The lowest BCUT2D eigenvalue weighted by atomic mass is 9.65. The molecular weight excluding hydrogens is 304 g/mol. The van der Waals surface area contributed by atoms with Crippen molar-refractivity contribution in [3.8, 4) is 0 Å². The van der Waals surface area contributed by atoms with Crippen molar-refractivity contribution in [2.75, 3.05) is 0 Å². The fourth-order valence-electron chi connectivity index (χ4n) is 3.94. The number of carboxylic acids is 2. The van der Waals surface area contributed by atoms with Crippen LogP contribution in [0.4, 0.5) is 0 Å². The summed E-state index contributed by atoms with van der Waals surface area (Å²) < 4.78 is 0. The Morgan fingerprint density at radius 2 is 1.58 bits per heavy atom. The maximum Gasteiger partial charge on any atom is 0.309 e. The Bertz CT molecular complexity index is 397. The second kappa shape index (κ2) is 10.0. The second-order valence-corrected chi connectivity index (χ2v) is 8.57. The average Bonchev–Trinajstić information content (AvgIpc) is 2.43. The standard InChI is InChI=1S/C20H38O4/c1-7-12-20(18(23)24,15(3)14-19(4,5)6)13-10-9-11-16(8-2)17(21)22/h15-16H,7-14H2,1-6H3,(H,21,22)(H,23,24). The quantitative estimate of drug-likeness (QED) is 0.453. The molecule has 3 unspecified atom stereocenters. The number of unbranched alkanes of at least 4 members (excludes halogenated alkanes) is 1. The summed E-state index contributed by atoms with van der Waals surface area (Å²) in [4.78, 5) is 23.2. The van der Waals surface area contributed by atoms with Gasteiger partial charge in [-0.25, -0.2) is 0 Å². The lowest BCUT2D eigenvalue weighted by Gasteiger charge is -2.38. The van der Waals surface area contributed by atoms with E-state index in [4.69, 9.17) is 5.11 Å². The largest absolute Gasteiger partial charge is 0.481 e. The lowest BCUT2D eigenvalue weighted by Crippen LogP contribution is -2.39. The Kier molecular flexibility index (Phi) is 9.61. The first kappa shape index (κ1) is 22.9. The molecule has 0 aliphatic carbocycles. The average molecular weight is 343 g/mol. The van der Waals surface area contributed by atoms with Gasteiger partial charge in [-0.05, 0) is 43.4 Å². The van der Waals surface area contributed by atoms with Gasteiger partial charge < -0.3 is 10.2 Å². The van der Waals surface area contributed by atoms with Crippen LogP contribution in [-0.4, -0.2) is 22.2 Å². The van der Waals surface area contributed by atoms with E-state index in [0.717, 1.165) is 25.7 Å². The van der Waals surface area contributed by atoms with Gasteiger partial charge in [0.2, 0.25) is 0 Å². The van der Waals surface area contributed by atoms with Crippen molar-refractivity contribution < 1.29 is 19.8 Å². The Morgan fingerprint density at radius 3 is 1.96 bits per heavy atom. The van der Waals surface area contributed by atoms with Gasteiger partial charge in [0.15, 0.2) is 0 Å². The van der Waals surface area contributed by atoms with E-state index in [1.165, 1.54) is 0 Å². The molecule has 0 fully saturated rings. The van der Waals surface area contributed by atoms with Gasteiger partial charge in [-0.3, -0.25) is 9.59 Å². The number of carbonyl (C=O) groups is 2. The zero-order valence-corrected chi connectivity index (χ0v) is 16.5. The van der Waals surface area contributed by atoms with Crippen LogP contribution in [0.25, 0.3) is 0 Å². The molecule has 0 aromatic heterocycles. The van der Waals surface area contributed by atoms with Gasteiger partial charge in [-0.15, -0.1) is 0 Å². The third kappa shape index (κ3) is 7.23. The van der Waals surface area contributed by atoms with Gasteiger partial charge >= 0.3 is 11.9 Å². The molecule has 4 nitrogen and oxygen atoms in total. The first-order valence-electron chi connectivity index (χ1n) is 9.46. The van der Waals surface area contributed by atoms with Crippen molar-refractivity contribution in [2.45, 2.75) is 92.9 Å². The third-order valence-corrected chi connectivity index (χ3v) is 5.25. The summed E-state index contributed by atoms with van der Waals surface area (Å²) in [5.41, 5.74) is -0.586. The monoisotopic (exact) mass is 342 g/mol. The number of hydrogen-bond acceptors (Lipinski definition) is 2. The van der Waals surface area contributed by atoms with E-state index in [2.05, 4.69) is 27.7 Å². The highest BCUT2D eigenvalue weighted by molar-refractivity contribution is 5.75. The van der Waals surface area contributed by atoms with E-state index in [0.29, 0.717) is 25.7 Å². The molecule has 142 valence electrons. The molecule has 0 rings (SSSR count). The van der Waals surface area contributed by atoms with Crippen molar-refractivity contribution in [3.63, 3.8) is 0 Å². The Labute approximate surface area is 148 Å². The zero-order chi connectivity index (χ0) is 19.0. The van der Waals surface area contributed by atoms with E-state index in [1.54, 1.807) is 0 Å². The van der Waals surface area contributed by atoms with Crippen LogP contribution < -0.4 is 0 Å². The second-order valence-electron chi connectivity index (χ2n) is 8.57. The predicted octanol–water partition coefficient (Wildman–Crippen LogP) is 5.60. The molecule has 0 aromatic carbocycles. The first-order chi connectivity index (χ1) is 11.0. The summed E-state index contributed by atoms with van der Waals surface area (Å²) in [5.74, 6) is -1.62. The summed E-state index contributed by atoms with van der Waals surface area (Å²) in [6, 6.07) is 0. The maximum atomic E-state index is 12.1. The van der Waals surface area contributed by atoms with Crippen LogP contribution in [0.1, 0.15) is 92.9 Å². The van der Waals surface area contributed by atoms with Gasteiger partial charge in [0.05, 0.1) is 11.3 Å². The third-order valence-electron chi connectivity index (χ3n) is 5.25. The van der Waals surface area contributed by atoms with Crippen molar-refractivity contribution in [1.29, 1.82) is 0 Å². The molecule has 0 saturated carbocycles. The molecule has 3 atom stereocenters. The van der Waals surface area contributed by atoms with Gasteiger partial charge in [-0.2, -0.15) is 0 Å². The highest BCUT2D eigenvalue weighted by Gasteiger charge is 2.43. The molecule has 0 spiro atoms. The number of carboxylic acid groups (broad SMARTS) is 2. The van der Waals surface area contributed by atoms with Crippen LogP contribution in [0.3, 0.4) is 0 Å². The highest BCUT2D eigenvalue weighted by atomic mass is 16.4. The molecule has 0 radical (unpaired) electrons. The van der Waals surface area contributed by atoms with E-state index >= 15 is 0 Å². The maximum absolute atomic E-state index is 12.1. The summed E-state index contributed by atoms with van der Waals surface area (Å²) in [6.07, 6.45) is 5.91. The highest BCUT2D eigenvalue weighted by Crippen LogP contribution is 2.44. The molecule has 0 aliphatic heterocycles. The summed E-state index contributed by atoms with van der Waals surface area (Å²) in [6.45, 7) is 12.5. The lowest BCUT2D eigenvalue weighted by molar-refractivity contribution is -0.154. The van der Waals surface area contributed by atoms with Crippen molar-refractivity contribution >= 4 is 11.9 Å². The van der Waals surface area contributed by atoms with Crippen LogP contribution in [-0.2, 0) is 9.59 Å². The van der Waals surface area contributed by atoms with Crippen LogP contribution in [0.5, 0.6) is 0 Å². The van der Waals surface area contributed by atoms with Gasteiger partial charge in [0, 0.05) is 0 Å². The zero-order valence-electron chi connectivity index (χ0n) is 16.5. The molecule has 0 amide bonds. The van der Waals surface area contributed by atoms with Crippen molar-refractivity contribution in [2.24, 2.45) is 22.7 Å². The van der Waals surface area contributed by atoms with E-state index in [-0.39, 0.29) is 17.3 Å². The summed E-state index contributed by atoms with van der Waals surface area (Å²) in [7, 11) is 0. The first-order valence-corrected chi connectivity index (χ1v) is 9.46. The molecule has 2 N–H and O–H groups in total. The minimum Gasteiger partial charge on any atom is -0.481 e. The smallest absolute Gasteiger partial charge is 0.309 e. The molecule has 0 heterocycles. The van der Waals surface area contributed by atoms with Gasteiger partial charge in [0.25, 0.3) is 0 Å². The van der Waals surface area contributed by atoms with Crippen LogP contribution >= 0.6 is 0 Å². The van der Waals surface area contributed by atoms with Crippen LogP contribution in [0, 0.1) is 22.7 Å². The summed E-state index contributed by atoms with van der Waals surface area (Å²) >= 11 is 0. The van der Waals surface area contributed by atoms with Crippen LogP contribution in [0.15, 0.2) is 0 Å². The number of hydrogen-bond donors (Lipinski definition) is 2. The molecular formula is C20H38O4. The van der Waals surface area contributed by atoms with E-state index < -0.39 is 17.4 Å². The number of rotatable bonds is 12. The molecule has 0 aliphatic rings. The fourth-order valence-corrected chi connectivity index (χ4v) is 3.94. The topological polar surface area (TPSA) is 74.6 Å². The normalized spacial score (nSPS) is 17.1. The predicted molar refractivity (Wildman–Crippen MR) is 98.1 cm³/mol.